The first kappa shape index (κ1) is 20.2. The minimum Gasteiger partial charge on any atom is -0.267 e. The minimum atomic E-state index is -0.445. The average Bonchev–Trinajstić information content (AvgIpc) is 2.74. The van der Waals surface area contributed by atoms with Gasteiger partial charge in [-0.25, -0.2) is 4.98 Å². The Labute approximate surface area is 187 Å². The van der Waals surface area contributed by atoms with Crippen LogP contribution in [0.25, 0.3) is 28.2 Å². The molecule has 0 fully saturated rings. The SMILES string of the molecule is N#Cc1cccn(-c2ccc(-c3ccc(Cl)cc3)c(-c3ccc(Cl)cc3Cl)n2)c1=O. The van der Waals surface area contributed by atoms with Crippen LogP contribution in [0.3, 0.4) is 0 Å². The monoisotopic (exact) mass is 451 g/mol. The highest BCUT2D eigenvalue weighted by Crippen LogP contribution is 2.36. The molecule has 7 heteroatoms. The fourth-order valence-corrected chi connectivity index (χ4v) is 3.72. The van der Waals surface area contributed by atoms with E-state index in [0.717, 1.165) is 11.1 Å². The Morgan fingerprint density at radius 1 is 0.867 bits per heavy atom. The molecule has 0 atom stereocenters. The van der Waals surface area contributed by atoms with Crippen molar-refractivity contribution >= 4 is 34.8 Å². The van der Waals surface area contributed by atoms with E-state index in [0.29, 0.717) is 32.1 Å². The van der Waals surface area contributed by atoms with E-state index in [1.807, 2.05) is 24.3 Å². The molecule has 0 unspecified atom stereocenters. The minimum absolute atomic E-state index is 0.0344. The molecule has 0 saturated carbocycles. The van der Waals surface area contributed by atoms with Crippen LogP contribution in [0.4, 0.5) is 0 Å². The van der Waals surface area contributed by atoms with Crippen LogP contribution in [0, 0.1) is 11.3 Å². The number of hydrogen-bond acceptors (Lipinski definition) is 3. The van der Waals surface area contributed by atoms with Crippen LogP contribution in [0.2, 0.25) is 15.1 Å². The molecule has 0 amide bonds. The lowest BCUT2D eigenvalue weighted by atomic mass is 9.99. The zero-order valence-electron chi connectivity index (χ0n) is 15.3. The molecule has 0 saturated heterocycles. The summed E-state index contributed by atoms with van der Waals surface area (Å²) in [5, 5.41) is 10.7. The van der Waals surface area contributed by atoms with Crippen LogP contribution < -0.4 is 5.56 Å². The van der Waals surface area contributed by atoms with Gasteiger partial charge in [-0.15, -0.1) is 0 Å². The van der Waals surface area contributed by atoms with Crippen molar-refractivity contribution in [3.63, 3.8) is 0 Å². The molecule has 4 rings (SSSR count). The summed E-state index contributed by atoms with van der Waals surface area (Å²) < 4.78 is 1.33. The van der Waals surface area contributed by atoms with E-state index in [2.05, 4.69) is 0 Å². The average molecular weight is 453 g/mol. The van der Waals surface area contributed by atoms with Gasteiger partial charge in [0.2, 0.25) is 0 Å². The predicted octanol–water partition coefficient (Wildman–Crippen LogP) is 6.40. The van der Waals surface area contributed by atoms with Gasteiger partial charge in [0.15, 0.2) is 0 Å². The van der Waals surface area contributed by atoms with Gasteiger partial charge in [0.1, 0.15) is 17.5 Å². The van der Waals surface area contributed by atoms with Crippen molar-refractivity contribution in [2.24, 2.45) is 0 Å². The molecule has 0 aliphatic heterocycles. The van der Waals surface area contributed by atoms with Gasteiger partial charge in [-0.3, -0.25) is 9.36 Å². The molecule has 0 radical (unpaired) electrons. The molecular formula is C23H12Cl3N3O. The van der Waals surface area contributed by atoms with Crippen molar-refractivity contribution in [1.29, 1.82) is 5.26 Å². The summed E-state index contributed by atoms with van der Waals surface area (Å²) in [5.41, 5.74) is 2.52. The third-order valence-electron chi connectivity index (χ3n) is 4.54. The van der Waals surface area contributed by atoms with Crippen LogP contribution in [0.1, 0.15) is 5.56 Å². The second kappa shape index (κ2) is 8.33. The normalized spacial score (nSPS) is 10.6. The highest BCUT2D eigenvalue weighted by atomic mass is 35.5. The number of rotatable bonds is 3. The molecule has 2 aromatic carbocycles. The standard InChI is InChI=1S/C23H12Cl3N3O/c24-16-5-3-14(4-6-16)18-9-10-21(29-11-1-2-15(13-27)23(29)30)28-22(18)19-8-7-17(25)12-20(19)26/h1-12H. The molecule has 0 N–H and O–H groups in total. The smallest absolute Gasteiger partial charge is 0.267 e. The summed E-state index contributed by atoms with van der Waals surface area (Å²) in [6.45, 7) is 0. The number of benzene rings is 2. The topological polar surface area (TPSA) is 58.7 Å². The molecule has 4 nitrogen and oxygen atoms in total. The Balaban J connectivity index is 1.99. The van der Waals surface area contributed by atoms with E-state index in [-0.39, 0.29) is 5.56 Å². The maximum atomic E-state index is 12.6. The summed E-state index contributed by atoms with van der Waals surface area (Å²) >= 11 is 18.6. The van der Waals surface area contributed by atoms with Crippen molar-refractivity contribution in [3.05, 3.63) is 104 Å². The first-order chi connectivity index (χ1) is 14.5. The van der Waals surface area contributed by atoms with Gasteiger partial charge in [0.05, 0.1) is 10.7 Å². The van der Waals surface area contributed by atoms with Gasteiger partial charge in [-0.05, 0) is 60.2 Å². The Kier molecular flexibility index (Phi) is 5.61. The Morgan fingerprint density at radius 2 is 1.57 bits per heavy atom. The van der Waals surface area contributed by atoms with Crippen molar-refractivity contribution in [3.8, 4) is 34.3 Å². The molecule has 0 aliphatic carbocycles. The Morgan fingerprint density at radius 3 is 2.27 bits per heavy atom. The maximum absolute atomic E-state index is 12.6. The second-order valence-electron chi connectivity index (χ2n) is 6.41. The third kappa shape index (κ3) is 3.83. The lowest BCUT2D eigenvalue weighted by molar-refractivity contribution is 0.937. The molecule has 4 aromatic rings. The van der Waals surface area contributed by atoms with Gasteiger partial charge >= 0.3 is 0 Å². The van der Waals surface area contributed by atoms with Crippen LogP contribution in [0.15, 0.2) is 77.7 Å². The van der Waals surface area contributed by atoms with Crippen LogP contribution in [-0.2, 0) is 0 Å². The highest BCUT2D eigenvalue weighted by molar-refractivity contribution is 6.36. The number of nitrogens with zero attached hydrogens (tertiary/aromatic N) is 3. The molecule has 2 heterocycles. The number of aromatic nitrogens is 2. The first-order valence-corrected chi connectivity index (χ1v) is 9.96. The fourth-order valence-electron chi connectivity index (χ4n) is 3.09. The van der Waals surface area contributed by atoms with Crippen LogP contribution in [0.5, 0.6) is 0 Å². The lowest BCUT2D eigenvalue weighted by Gasteiger charge is -2.14. The van der Waals surface area contributed by atoms with Gasteiger partial charge in [0.25, 0.3) is 5.56 Å². The second-order valence-corrected chi connectivity index (χ2v) is 7.69. The largest absolute Gasteiger partial charge is 0.274 e. The highest BCUT2D eigenvalue weighted by Gasteiger charge is 2.15. The van der Waals surface area contributed by atoms with E-state index >= 15 is 0 Å². The molecule has 0 spiro atoms. The van der Waals surface area contributed by atoms with Crippen molar-refractivity contribution in [2.45, 2.75) is 0 Å². The quantitative estimate of drug-likeness (QED) is 0.361. The molecule has 0 bridgehead atoms. The number of hydrogen-bond donors (Lipinski definition) is 0. The number of pyridine rings is 2. The maximum Gasteiger partial charge on any atom is 0.274 e. The molecule has 146 valence electrons. The third-order valence-corrected chi connectivity index (χ3v) is 5.34. The van der Waals surface area contributed by atoms with E-state index in [9.17, 15) is 10.1 Å². The molecular weight excluding hydrogens is 441 g/mol. The van der Waals surface area contributed by atoms with Crippen molar-refractivity contribution < 1.29 is 0 Å². The summed E-state index contributed by atoms with van der Waals surface area (Å²) in [5.74, 6) is 0.371. The summed E-state index contributed by atoms with van der Waals surface area (Å²) in [7, 11) is 0. The zero-order chi connectivity index (χ0) is 21.3. The summed E-state index contributed by atoms with van der Waals surface area (Å²) in [4.78, 5) is 17.3. The predicted molar refractivity (Wildman–Crippen MR) is 120 cm³/mol. The summed E-state index contributed by atoms with van der Waals surface area (Å²) in [6, 6.07) is 21.1. The molecule has 30 heavy (non-hydrogen) atoms. The molecule has 2 aromatic heterocycles. The van der Waals surface area contributed by atoms with E-state index in [1.54, 1.807) is 48.7 Å². The van der Waals surface area contributed by atoms with Crippen LogP contribution in [-0.4, -0.2) is 9.55 Å². The van der Waals surface area contributed by atoms with Gasteiger partial charge in [-0.2, -0.15) is 5.26 Å². The van der Waals surface area contributed by atoms with Crippen LogP contribution >= 0.6 is 34.8 Å². The first-order valence-electron chi connectivity index (χ1n) is 8.82. The molecule has 0 aliphatic rings. The van der Waals surface area contributed by atoms with E-state index < -0.39 is 5.56 Å². The zero-order valence-corrected chi connectivity index (χ0v) is 17.6. The van der Waals surface area contributed by atoms with Crippen molar-refractivity contribution in [2.75, 3.05) is 0 Å². The fraction of sp³-hybridized carbons (Fsp3) is 0. The van der Waals surface area contributed by atoms with E-state index in [4.69, 9.17) is 39.8 Å². The van der Waals surface area contributed by atoms with E-state index in [1.165, 1.54) is 10.6 Å². The lowest BCUT2D eigenvalue weighted by Crippen LogP contribution is -2.21. The van der Waals surface area contributed by atoms with Gasteiger partial charge in [0, 0.05) is 27.4 Å². The Bertz CT molecular complexity index is 1360. The summed E-state index contributed by atoms with van der Waals surface area (Å²) in [6.07, 6.45) is 1.57. The van der Waals surface area contributed by atoms with Crippen molar-refractivity contribution in [1.82, 2.24) is 9.55 Å². The van der Waals surface area contributed by atoms with Gasteiger partial charge < -0.3 is 0 Å². The number of nitriles is 1. The number of halogens is 3. The Hall–Kier alpha value is -3.10. The van der Waals surface area contributed by atoms with Gasteiger partial charge in [-0.1, -0.05) is 46.9 Å².